The van der Waals surface area contributed by atoms with Crippen molar-refractivity contribution in [1.29, 1.82) is 0 Å². The molecule has 1 saturated heterocycles. The van der Waals surface area contributed by atoms with Crippen molar-refractivity contribution >= 4 is 11.7 Å². The zero-order chi connectivity index (χ0) is 20.8. The van der Waals surface area contributed by atoms with Gasteiger partial charge in [0.25, 0.3) is 0 Å². The molecule has 1 amide bonds. The number of nitrogens with zero attached hydrogens (tertiary/aromatic N) is 1. The number of ether oxygens (including phenoxy) is 1. The third kappa shape index (κ3) is 6.17. The van der Waals surface area contributed by atoms with Crippen LogP contribution in [-0.4, -0.2) is 48.9 Å². The van der Waals surface area contributed by atoms with Crippen LogP contribution in [0.15, 0.2) is 42.5 Å². The molecule has 0 unspecified atom stereocenters. The number of hydrogen-bond acceptors (Lipinski definition) is 4. The molecule has 1 aliphatic rings. The smallest absolute Gasteiger partial charge is 0.224 e. The summed E-state index contributed by atoms with van der Waals surface area (Å²) >= 11 is 0. The van der Waals surface area contributed by atoms with E-state index in [0.717, 1.165) is 11.6 Å². The fourth-order valence-electron chi connectivity index (χ4n) is 3.32. The molecule has 1 atom stereocenters. The summed E-state index contributed by atoms with van der Waals surface area (Å²) in [5.74, 6) is -1.89. The van der Waals surface area contributed by atoms with Crippen LogP contribution in [0.2, 0.25) is 0 Å². The van der Waals surface area contributed by atoms with Gasteiger partial charge < -0.3 is 10.1 Å². The van der Waals surface area contributed by atoms with Crippen LogP contribution in [0.5, 0.6) is 0 Å². The van der Waals surface area contributed by atoms with Gasteiger partial charge in [0.2, 0.25) is 5.91 Å². The van der Waals surface area contributed by atoms with Gasteiger partial charge in [-0.05, 0) is 36.2 Å². The zero-order valence-electron chi connectivity index (χ0n) is 16.3. The van der Waals surface area contributed by atoms with Gasteiger partial charge in [-0.2, -0.15) is 0 Å². The third-order valence-electron chi connectivity index (χ3n) is 4.84. The fourth-order valence-corrected chi connectivity index (χ4v) is 3.32. The zero-order valence-corrected chi connectivity index (χ0v) is 16.3. The first kappa shape index (κ1) is 21.1. The molecule has 0 aliphatic carbocycles. The molecule has 1 heterocycles. The summed E-state index contributed by atoms with van der Waals surface area (Å²) in [7, 11) is 0. The number of amides is 1. The van der Waals surface area contributed by atoms with Crippen molar-refractivity contribution in [2.75, 3.05) is 26.2 Å². The second-order valence-electron chi connectivity index (χ2n) is 7.21. The minimum absolute atomic E-state index is 0.0380. The highest BCUT2D eigenvalue weighted by Crippen LogP contribution is 2.14. The van der Waals surface area contributed by atoms with E-state index in [0.29, 0.717) is 43.9 Å². The first-order chi connectivity index (χ1) is 13.9. The quantitative estimate of drug-likeness (QED) is 0.724. The van der Waals surface area contributed by atoms with Gasteiger partial charge in [0.05, 0.1) is 19.1 Å². The summed E-state index contributed by atoms with van der Waals surface area (Å²) in [6, 6.07) is 10.9. The van der Waals surface area contributed by atoms with Crippen LogP contribution in [0.4, 0.5) is 8.78 Å². The number of halogens is 2. The Morgan fingerprint density at radius 1 is 1.14 bits per heavy atom. The Kier molecular flexibility index (Phi) is 7.06. The lowest BCUT2D eigenvalue weighted by molar-refractivity contribution is -0.121. The standard InChI is InChI=1S/C22H24F2N2O3/c1-15(27)18-4-2-3-16(9-18)11-22(28)25-12-19-14-26(7-8-29-19)13-17-5-6-20(23)21(24)10-17/h2-6,9-10,19H,7-8,11-14H2,1H3,(H,25,28)/t19-/m0/s1. The molecule has 2 aromatic rings. The van der Waals surface area contributed by atoms with Gasteiger partial charge in [-0.15, -0.1) is 0 Å². The molecule has 154 valence electrons. The first-order valence-corrected chi connectivity index (χ1v) is 9.55. The van der Waals surface area contributed by atoms with E-state index in [1.165, 1.54) is 13.0 Å². The van der Waals surface area contributed by atoms with Crippen molar-refractivity contribution in [2.45, 2.75) is 26.0 Å². The predicted molar refractivity (Wildman–Crippen MR) is 105 cm³/mol. The van der Waals surface area contributed by atoms with Crippen LogP contribution in [0.1, 0.15) is 28.4 Å². The van der Waals surface area contributed by atoms with Gasteiger partial charge in [-0.3, -0.25) is 14.5 Å². The van der Waals surface area contributed by atoms with E-state index < -0.39 is 11.6 Å². The number of hydrogen-bond donors (Lipinski definition) is 1. The Balaban J connectivity index is 1.47. The lowest BCUT2D eigenvalue weighted by atomic mass is 10.1. The molecule has 1 aliphatic heterocycles. The van der Waals surface area contributed by atoms with Crippen molar-refractivity contribution < 1.29 is 23.1 Å². The van der Waals surface area contributed by atoms with Crippen LogP contribution in [-0.2, 0) is 22.5 Å². The largest absolute Gasteiger partial charge is 0.374 e. The van der Waals surface area contributed by atoms with Gasteiger partial charge in [-0.25, -0.2) is 8.78 Å². The van der Waals surface area contributed by atoms with Crippen molar-refractivity contribution in [3.8, 4) is 0 Å². The molecular formula is C22H24F2N2O3. The molecule has 2 aromatic carbocycles. The number of benzene rings is 2. The Hall–Kier alpha value is -2.64. The Labute approximate surface area is 168 Å². The Morgan fingerprint density at radius 3 is 2.72 bits per heavy atom. The second kappa shape index (κ2) is 9.71. The molecule has 1 fully saturated rings. The van der Waals surface area contributed by atoms with Crippen LogP contribution < -0.4 is 5.32 Å². The number of morpholine rings is 1. The monoisotopic (exact) mass is 402 g/mol. The number of carbonyl (C=O) groups excluding carboxylic acids is 2. The third-order valence-corrected chi connectivity index (χ3v) is 4.84. The molecule has 1 N–H and O–H groups in total. The van der Waals surface area contributed by atoms with Crippen LogP contribution >= 0.6 is 0 Å². The number of carbonyl (C=O) groups is 2. The van der Waals surface area contributed by atoms with E-state index in [1.807, 2.05) is 6.07 Å². The van der Waals surface area contributed by atoms with Crippen molar-refractivity contribution in [3.63, 3.8) is 0 Å². The maximum atomic E-state index is 13.4. The molecule has 0 saturated carbocycles. The minimum atomic E-state index is -0.856. The second-order valence-corrected chi connectivity index (χ2v) is 7.21. The van der Waals surface area contributed by atoms with E-state index in [9.17, 15) is 18.4 Å². The minimum Gasteiger partial charge on any atom is -0.374 e. The van der Waals surface area contributed by atoms with Gasteiger partial charge in [0, 0.05) is 31.7 Å². The van der Waals surface area contributed by atoms with E-state index in [2.05, 4.69) is 10.2 Å². The average molecular weight is 402 g/mol. The van der Waals surface area contributed by atoms with Crippen molar-refractivity contribution in [3.05, 3.63) is 70.8 Å². The highest BCUT2D eigenvalue weighted by molar-refractivity contribution is 5.94. The van der Waals surface area contributed by atoms with Gasteiger partial charge >= 0.3 is 0 Å². The summed E-state index contributed by atoms with van der Waals surface area (Å²) in [6.07, 6.45) is 0.00779. The summed E-state index contributed by atoms with van der Waals surface area (Å²) in [4.78, 5) is 25.8. The van der Waals surface area contributed by atoms with E-state index in [1.54, 1.807) is 24.3 Å². The Bertz CT molecular complexity index is 888. The number of nitrogens with one attached hydrogen (secondary N) is 1. The first-order valence-electron chi connectivity index (χ1n) is 9.55. The molecule has 7 heteroatoms. The van der Waals surface area contributed by atoms with Gasteiger partial charge in [0.15, 0.2) is 17.4 Å². The van der Waals surface area contributed by atoms with E-state index in [4.69, 9.17) is 4.74 Å². The van der Waals surface area contributed by atoms with Crippen LogP contribution in [0.25, 0.3) is 0 Å². The predicted octanol–water partition coefficient (Wildman–Crippen LogP) is 2.73. The normalized spacial score (nSPS) is 17.1. The lowest BCUT2D eigenvalue weighted by Gasteiger charge is -2.33. The summed E-state index contributed by atoms with van der Waals surface area (Å²) < 4.78 is 32.2. The molecule has 0 spiro atoms. The lowest BCUT2D eigenvalue weighted by Crippen LogP contribution is -2.47. The van der Waals surface area contributed by atoms with Crippen molar-refractivity contribution in [2.24, 2.45) is 0 Å². The highest BCUT2D eigenvalue weighted by Gasteiger charge is 2.21. The van der Waals surface area contributed by atoms with E-state index in [-0.39, 0.29) is 24.2 Å². The van der Waals surface area contributed by atoms with Gasteiger partial charge in [0.1, 0.15) is 0 Å². The Morgan fingerprint density at radius 2 is 1.97 bits per heavy atom. The molecule has 3 rings (SSSR count). The maximum Gasteiger partial charge on any atom is 0.224 e. The van der Waals surface area contributed by atoms with Gasteiger partial charge in [-0.1, -0.05) is 24.3 Å². The average Bonchev–Trinajstić information content (AvgIpc) is 2.70. The topological polar surface area (TPSA) is 58.6 Å². The highest BCUT2D eigenvalue weighted by atomic mass is 19.2. The van der Waals surface area contributed by atoms with E-state index >= 15 is 0 Å². The van der Waals surface area contributed by atoms with Crippen LogP contribution in [0.3, 0.4) is 0 Å². The van der Waals surface area contributed by atoms with Crippen molar-refractivity contribution in [1.82, 2.24) is 10.2 Å². The summed E-state index contributed by atoms with van der Waals surface area (Å²) in [6.45, 7) is 4.11. The number of ketones is 1. The molecule has 29 heavy (non-hydrogen) atoms. The summed E-state index contributed by atoms with van der Waals surface area (Å²) in [5, 5.41) is 2.87. The molecule has 0 aromatic heterocycles. The molecule has 0 bridgehead atoms. The number of Topliss-reactive ketones (excluding diaryl/α,β-unsaturated/α-hetero) is 1. The van der Waals surface area contributed by atoms with Crippen LogP contribution in [0, 0.1) is 11.6 Å². The molecule has 5 nitrogen and oxygen atoms in total. The maximum absolute atomic E-state index is 13.4. The fraction of sp³-hybridized carbons (Fsp3) is 0.364. The molecule has 0 radical (unpaired) electrons. The number of rotatable bonds is 7. The summed E-state index contributed by atoms with van der Waals surface area (Å²) in [5.41, 5.74) is 2.05. The SMILES string of the molecule is CC(=O)c1cccc(CC(=O)NC[C@H]2CN(Cc3ccc(F)c(F)c3)CCO2)c1. The molecular weight excluding hydrogens is 378 g/mol.